The van der Waals surface area contributed by atoms with E-state index in [1.165, 1.54) is 19.4 Å². The summed E-state index contributed by atoms with van der Waals surface area (Å²) in [5, 5.41) is 9.23. The van der Waals surface area contributed by atoms with Crippen molar-refractivity contribution in [2.75, 3.05) is 37.6 Å². The Balaban J connectivity index is 1.53. The number of hydrogen-bond acceptors (Lipinski definition) is 5. The summed E-state index contributed by atoms with van der Waals surface area (Å²) >= 11 is 0. The van der Waals surface area contributed by atoms with Crippen molar-refractivity contribution < 1.29 is 4.74 Å². The number of nitriles is 1. The third kappa shape index (κ3) is 4.01. The minimum Gasteiger partial charge on any atom is -0.373 e. The van der Waals surface area contributed by atoms with Gasteiger partial charge in [0.1, 0.15) is 11.9 Å². The van der Waals surface area contributed by atoms with Crippen LogP contribution in [0.25, 0.3) is 0 Å². The first-order chi connectivity index (χ1) is 11.2. The number of nitrogens with zero attached hydrogens (tertiary/aromatic N) is 4. The molecular weight excluding hydrogens is 288 g/mol. The van der Waals surface area contributed by atoms with E-state index in [9.17, 15) is 5.26 Å². The van der Waals surface area contributed by atoms with Crippen molar-refractivity contribution in [3.8, 4) is 6.07 Å². The van der Waals surface area contributed by atoms with Crippen LogP contribution in [0, 0.1) is 17.2 Å². The Morgan fingerprint density at radius 1 is 1.26 bits per heavy atom. The maximum absolute atomic E-state index is 9.23. The molecule has 2 atom stereocenters. The van der Waals surface area contributed by atoms with Gasteiger partial charge >= 0.3 is 0 Å². The number of pyridine rings is 1. The van der Waals surface area contributed by atoms with Gasteiger partial charge < -0.3 is 9.64 Å². The molecule has 5 heteroatoms. The van der Waals surface area contributed by atoms with E-state index >= 15 is 0 Å². The maximum atomic E-state index is 9.23. The first kappa shape index (κ1) is 16.2. The lowest BCUT2D eigenvalue weighted by molar-refractivity contribution is -0.0720. The Kier molecular flexibility index (Phi) is 5.14. The highest BCUT2D eigenvalue weighted by Crippen LogP contribution is 2.25. The second-order valence-electron chi connectivity index (χ2n) is 6.89. The van der Waals surface area contributed by atoms with Gasteiger partial charge in [-0.2, -0.15) is 5.26 Å². The Morgan fingerprint density at radius 2 is 1.96 bits per heavy atom. The molecule has 3 heterocycles. The van der Waals surface area contributed by atoms with Crippen molar-refractivity contribution in [2.24, 2.45) is 5.92 Å². The lowest BCUT2D eigenvalue weighted by atomic mass is 9.95. The number of rotatable bonds is 3. The predicted molar refractivity (Wildman–Crippen MR) is 90.3 cm³/mol. The molecule has 0 spiro atoms. The standard InChI is InChI=1S/C18H26N4O/c1-14-11-21(12-15(2)23-14)13-16-5-8-22(9-6-16)18-17(10-19)4-3-7-20-18/h3-4,7,14-16H,5-6,8-9,11-13H2,1-2H3/t14-,15+. The third-order valence-electron chi connectivity index (χ3n) is 4.83. The number of anilines is 1. The molecule has 23 heavy (non-hydrogen) atoms. The first-order valence-corrected chi connectivity index (χ1v) is 8.63. The van der Waals surface area contributed by atoms with Crippen LogP contribution in [0.1, 0.15) is 32.3 Å². The second kappa shape index (κ2) is 7.29. The highest BCUT2D eigenvalue weighted by atomic mass is 16.5. The molecule has 0 amide bonds. The van der Waals surface area contributed by atoms with Gasteiger partial charge in [-0.3, -0.25) is 4.90 Å². The van der Waals surface area contributed by atoms with Crippen LogP contribution in [0.4, 0.5) is 5.82 Å². The van der Waals surface area contributed by atoms with E-state index in [2.05, 4.69) is 34.7 Å². The zero-order valence-corrected chi connectivity index (χ0v) is 14.1. The monoisotopic (exact) mass is 314 g/mol. The van der Waals surface area contributed by atoms with Gasteiger partial charge in [-0.1, -0.05) is 0 Å². The zero-order valence-electron chi connectivity index (χ0n) is 14.1. The second-order valence-corrected chi connectivity index (χ2v) is 6.89. The van der Waals surface area contributed by atoms with Gasteiger partial charge in [-0.05, 0) is 44.7 Å². The van der Waals surface area contributed by atoms with E-state index in [-0.39, 0.29) is 0 Å². The molecule has 0 aliphatic carbocycles. The molecule has 5 nitrogen and oxygen atoms in total. The summed E-state index contributed by atoms with van der Waals surface area (Å²) in [7, 11) is 0. The average Bonchev–Trinajstić information content (AvgIpc) is 2.54. The molecule has 2 fully saturated rings. The van der Waals surface area contributed by atoms with Crippen LogP contribution in [-0.4, -0.2) is 54.8 Å². The lowest BCUT2D eigenvalue weighted by Crippen LogP contribution is -2.48. The summed E-state index contributed by atoms with van der Waals surface area (Å²) in [6.07, 6.45) is 4.79. The summed E-state index contributed by atoms with van der Waals surface area (Å²) in [4.78, 5) is 9.23. The molecule has 2 aliphatic rings. The molecular formula is C18H26N4O. The van der Waals surface area contributed by atoms with Crippen molar-refractivity contribution >= 4 is 5.82 Å². The zero-order chi connectivity index (χ0) is 16.2. The van der Waals surface area contributed by atoms with Gasteiger partial charge in [0, 0.05) is 38.9 Å². The lowest BCUT2D eigenvalue weighted by Gasteiger charge is -2.39. The number of morpholine rings is 1. The molecule has 0 radical (unpaired) electrons. The Morgan fingerprint density at radius 3 is 2.61 bits per heavy atom. The van der Waals surface area contributed by atoms with E-state index in [1.54, 1.807) is 6.20 Å². The van der Waals surface area contributed by atoms with Crippen LogP contribution in [-0.2, 0) is 4.74 Å². The quantitative estimate of drug-likeness (QED) is 0.857. The molecule has 1 aromatic heterocycles. The van der Waals surface area contributed by atoms with Crippen molar-refractivity contribution in [3.05, 3.63) is 23.9 Å². The maximum Gasteiger partial charge on any atom is 0.146 e. The summed E-state index contributed by atoms with van der Waals surface area (Å²) < 4.78 is 5.82. The van der Waals surface area contributed by atoms with Crippen molar-refractivity contribution in [2.45, 2.75) is 38.9 Å². The fourth-order valence-electron chi connectivity index (χ4n) is 3.86. The highest BCUT2D eigenvalue weighted by Gasteiger charge is 2.27. The summed E-state index contributed by atoms with van der Waals surface area (Å²) in [5.74, 6) is 1.58. The summed E-state index contributed by atoms with van der Waals surface area (Å²) in [6.45, 7) is 9.56. The molecule has 1 aromatic rings. The van der Waals surface area contributed by atoms with Crippen molar-refractivity contribution in [1.82, 2.24) is 9.88 Å². The molecule has 0 saturated carbocycles. The minimum atomic E-state index is 0.338. The van der Waals surface area contributed by atoms with Crippen LogP contribution in [0.2, 0.25) is 0 Å². The van der Waals surface area contributed by atoms with Gasteiger partial charge in [0.25, 0.3) is 0 Å². The predicted octanol–water partition coefficient (Wildman–Crippen LogP) is 2.28. The molecule has 2 saturated heterocycles. The first-order valence-electron chi connectivity index (χ1n) is 8.63. The fourth-order valence-corrected chi connectivity index (χ4v) is 3.86. The van der Waals surface area contributed by atoms with Crippen molar-refractivity contribution in [1.29, 1.82) is 5.26 Å². The molecule has 0 bridgehead atoms. The van der Waals surface area contributed by atoms with Crippen molar-refractivity contribution in [3.63, 3.8) is 0 Å². The molecule has 0 unspecified atom stereocenters. The SMILES string of the molecule is C[C@@H]1CN(CC2CCN(c3ncccc3C#N)CC2)C[C@H](C)O1. The molecule has 0 N–H and O–H groups in total. The van der Waals surface area contributed by atoms with Gasteiger partial charge in [0.2, 0.25) is 0 Å². The number of hydrogen-bond donors (Lipinski definition) is 0. The molecule has 3 rings (SSSR count). The average molecular weight is 314 g/mol. The van der Waals surface area contributed by atoms with Crippen LogP contribution in [0.5, 0.6) is 0 Å². The molecule has 2 aliphatic heterocycles. The topological polar surface area (TPSA) is 52.4 Å². The fraction of sp³-hybridized carbons (Fsp3) is 0.667. The Hall–Kier alpha value is -1.64. The van der Waals surface area contributed by atoms with E-state index in [0.29, 0.717) is 17.8 Å². The largest absolute Gasteiger partial charge is 0.373 e. The van der Waals surface area contributed by atoms with Gasteiger partial charge in [0.05, 0.1) is 17.8 Å². The highest BCUT2D eigenvalue weighted by molar-refractivity contribution is 5.53. The summed E-state index contributed by atoms with van der Waals surface area (Å²) in [6, 6.07) is 5.93. The van der Waals surface area contributed by atoms with Crippen LogP contribution >= 0.6 is 0 Å². The van der Waals surface area contributed by atoms with E-state index in [1.807, 2.05) is 12.1 Å². The van der Waals surface area contributed by atoms with Gasteiger partial charge in [-0.15, -0.1) is 0 Å². The molecule has 124 valence electrons. The third-order valence-corrected chi connectivity index (χ3v) is 4.83. The van der Waals surface area contributed by atoms with Gasteiger partial charge in [0.15, 0.2) is 0 Å². The molecule has 0 aromatic carbocycles. The van der Waals surface area contributed by atoms with E-state index < -0.39 is 0 Å². The number of aromatic nitrogens is 1. The normalized spacial score (nSPS) is 26.9. The van der Waals surface area contributed by atoms with Crippen LogP contribution < -0.4 is 4.90 Å². The Bertz CT molecular complexity index is 552. The van der Waals surface area contributed by atoms with Crippen LogP contribution in [0.15, 0.2) is 18.3 Å². The van der Waals surface area contributed by atoms with Gasteiger partial charge in [-0.25, -0.2) is 4.98 Å². The van der Waals surface area contributed by atoms with E-state index in [0.717, 1.165) is 37.9 Å². The number of piperidine rings is 1. The Labute approximate surface area is 138 Å². The van der Waals surface area contributed by atoms with Crippen LogP contribution in [0.3, 0.4) is 0 Å². The number of ether oxygens (including phenoxy) is 1. The van der Waals surface area contributed by atoms with E-state index in [4.69, 9.17) is 4.74 Å². The summed E-state index contributed by atoms with van der Waals surface area (Å²) in [5.41, 5.74) is 0.682. The smallest absolute Gasteiger partial charge is 0.146 e. The minimum absolute atomic E-state index is 0.338.